The van der Waals surface area contributed by atoms with E-state index in [1.165, 1.54) is 19.2 Å². The van der Waals surface area contributed by atoms with Gasteiger partial charge in [-0.1, -0.05) is 24.3 Å². The van der Waals surface area contributed by atoms with Crippen molar-refractivity contribution in [2.24, 2.45) is 0 Å². The van der Waals surface area contributed by atoms with Crippen molar-refractivity contribution in [3.63, 3.8) is 0 Å². The highest BCUT2D eigenvalue weighted by Gasteiger charge is 2.17. The first kappa shape index (κ1) is 15.5. The standard InChI is InChI=1S/C16H15NO5/c1-10(16(18)19)11-6-7-14(15(9-11)22-2)12-4-3-5-13(8-12)17(20)21/h3-10H,1-2H3,(H,18,19). The molecule has 0 aliphatic heterocycles. The molecule has 0 saturated carbocycles. The molecule has 114 valence electrons. The molecule has 0 saturated heterocycles. The van der Waals surface area contributed by atoms with E-state index in [1.807, 2.05) is 0 Å². The van der Waals surface area contributed by atoms with Gasteiger partial charge in [0.2, 0.25) is 0 Å². The van der Waals surface area contributed by atoms with E-state index >= 15 is 0 Å². The summed E-state index contributed by atoms with van der Waals surface area (Å²) in [5, 5.41) is 19.9. The predicted octanol–water partition coefficient (Wildman–Crippen LogP) is 3.46. The molecular formula is C16H15NO5. The third-order valence-electron chi connectivity index (χ3n) is 3.46. The number of rotatable bonds is 5. The highest BCUT2D eigenvalue weighted by molar-refractivity contribution is 5.78. The summed E-state index contributed by atoms with van der Waals surface area (Å²) in [5.74, 6) is -1.11. The molecule has 2 aromatic rings. The van der Waals surface area contributed by atoms with Crippen LogP contribution in [0.1, 0.15) is 18.4 Å². The largest absolute Gasteiger partial charge is 0.496 e. The van der Waals surface area contributed by atoms with Crippen LogP contribution in [0.2, 0.25) is 0 Å². The minimum atomic E-state index is -0.926. The number of carbonyl (C=O) groups is 1. The quantitative estimate of drug-likeness (QED) is 0.674. The van der Waals surface area contributed by atoms with Gasteiger partial charge in [-0.2, -0.15) is 0 Å². The Kier molecular flexibility index (Phi) is 4.41. The Morgan fingerprint density at radius 2 is 2.00 bits per heavy atom. The van der Waals surface area contributed by atoms with E-state index in [9.17, 15) is 14.9 Å². The first-order chi connectivity index (χ1) is 10.4. The molecule has 6 heteroatoms. The molecule has 1 N–H and O–H groups in total. The summed E-state index contributed by atoms with van der Waals surface area (Å²) >= 11 is 0. The van der Waals surface area contributed by atoms with Gasteiger partial charge in [-0.25, -0.2) is 0 Å². The van der Waals surface area contributed by atoms with E-state index in [0.29, 0.717) is 22.4 Å². The van der Waals surface area contributed by atoms with Gasteiger partial charge in [-0.15, -0.1) is 0 Å². The zero-order valence-corrected chi connectivity index (χ0v) is 12.1. The zero-order chi connectivity index (χ0) is 16.3. The maximum Gasteiger partial charge on any atom is 0.310 e. The van der Waals surface area contributed by atoms with Gasteiger partial charge in [-0.05, 0) is 24.1 Å². The molecule has 6 nitrogen and oxygen atoms in total. The van der Waals surface area contributed by atoms with E-state index < -0.39 is 16.8 Å². The number of nitrogens with zero attached hydrogens (tertiary/aromatic N) is 1. The minimum absolute atomic E-state index is 0.0115. The number of nitro groups is 1. The van der Waals surface area contributed by atoms with Crippen molar-refractivity contribution in [1.82, 2.24) is 0 Å². The zero-order valence-electron chi connectivity index (χ0n) is 12.1. The van der Waals surface area contributed by atoms with Gasteiger partial charge in [0.05, 0.1) is 18.0 Å². The molecule has 0 amide bonds. The van der Waals surface area contributed by atoms with Crippen LogP contribution in [0.25, 0.3) is 11.1 Å². The first-order valence-electron chi connectivity index (χ1n) is 6.59. The van der Waals surface area contributed by atoms with E-state index in [1.54, 1.807) is 37.3 Å². The molecule has 0 spiro atoms. The normalized spacial score (nSPS) is 11.7. The summed E-state index contributed by atoms with van der Waals surface area (Å²) in [6, 6.07) is 11.3. The van der Waals surface area contributed by atoms with Crippen molar-refractivity contribution >= 4 is 11.7 Å². The third kappa shape index (κ3) is 3.06. The number of hydrogen-bond donors (Lipinski definition) is 1. The Morgan fingerprint density at radius 1 is 1.27 bits per heavy atom. The van der Waals surface area contributed by atoms with E-state index in [-0.39, 0.29) is 5.69 Å². The Labute approximate surface area is 127 Å². The van der Waals surface area contributed by atoms with Crippen molar-refractivity contribution in [1.29, 1.82) is 0 Å². The SMILES string of the molecule is COc1cc(C(C)C(=O)O)ccc1-c1cccc([N+](=O)[O-])c1. The molecule has 2 rings (SSSR count). The highest BCUT2D eigenvalue weighted by Crippen LogP contribution is 2.34. The monoisotopic (exact) mass is 301 g/mol. The fourth-order valence-corrected chi connectivity index (χ4v) is 2.15. The van der Waals surface area contributed by atoms with Gasteiger partial charge >= 0.3 is 5.97 Å². The second-order valence-corrected chi connectivity index (χ2v) is 4.83. The predicted molar refractivity (Wildman–Crippen MR) is 81.1 cm³/mol. The lowest BCUT2D eigenvalue weighted by Crippen LogP contribution is -2.07. The fourth-order valence-electron chi connectivity index (χ4n) is 2.15. The Bertz CT molecular complexity index is 726. The minimum Gasteiger partial charge on any atom is -0.496 e. The molecule has 0 aliphatic rings. The van der Waals surface area contributed by atoms with Crippen LogP contribution in [0.3, 0.4) is 0 Å². The van der Waals surface area contributed by atoms with Crippen molar-refractivity contribution in [3.8, 4) is 16.9 Å². The molecule has 0 fully saturated rings. The van der Waals surface area contributed by atoms with Crippen molar-refractivity contribution in [3.05, 3.63) is 58.1 Å². The molecule has 0 radical (unpaired) electrons. The summed E-state index contributed by atoms with van der Waals surface area (Å²) in [4.78, 5) is 21.5. The van der Waals surface area contributed by atoms with Crippen LogP contribution >= 0.6 is 0 Å². The summed E-state index contributed by atoms with van der Waals surface area (Å²) in [5.41, 5.74) is 1.91. The van der Waals surface area contributed by atoms with Gasteiger partial charge in [0, 0.05) is 17.7 Å². The number of methoxy groups -OCH3 is 1. The third-order valence-corrected chi connectivity index (χ3v) is 3.46. The highest BCUT2D eigenvalue weighted by atomic mass is 16.6. The van der Waals surface area contributed by atoms with Crippen LogP contribution in [-0.2, 0) is 4.79 Å². The first-order valence-corrected chi connectivity index (χ1v) is 6.59. The van der Waals surface area contributed by atoms with Crippen molar-refractivity contribution < 1.29 is 19.6 Å². The second kappa shape index (κ2) is 6.26. The number of hydrogen-bond acceptors (Lipinski definition) is 4. The summed E-state index contributed by atoms with van der Waals surface area (Å²) in [6.07, 6.45) is 0. The van der Waals surface area contributed by atoms with Crippen LogP contribution in [-0.4, -0.2) is 23.1 Å². The van der Waals surface area contributed by atoms with Crippen LogP contribution in [0.15, 0.2) is 42.5 Å². The smallest absolute Gasteiger partial charge is 0.310 e. The van der Waals surface area contributed by atoms with Gasteiger partial charge in [0.25, 0.3) is 5.69 Å². The Balaban J connectivity index is 2.50. The molecule has 0 heterocycles. The van der Waals surface area contributed by atoms with Crippen molar-refractivity contribution in [2.75, 3.05) is 7.11 Å². The molecule has 0 aliphatic carbocycles. The number of carboxylic acids is 1. The molecule has 1 unspecified atom stereocenters. The molecule has 0 bridgehead atoms. The number of carboxylic acid groups (broad SMARTS) is 1. The maximum absolute atomic E-state index is 11.1. The van der Waals surface area contributed by atoms with Crippen molar-refractivity contribution in [2.45, 2.75) is 12.8 Å². The average Bonchev–Trinajstić information content (AvgIpc) is 2.53. The topological polar surface area (TPSA) is 89.7 Å². The molecule has 0 aromatic heterocycles. The van der Waals surface area contributed by atoms with Gasteiger partial charge in [0.15, 0.2) is 0 Å². The van der Waals surface area contributed by atoms with Gasteiger partial charge < -0.3 is 9.84 Å². The second-order valence-electron chi connectivity index (χ2n) is 4.83. The molecule has 22 heavy (non-hydrogen) atoms. The van der Waals surface area contributed by atoms with Crippen LogP contribution in [0.5, 0.6) is 5.75 Å². The fraction of sp³-hybridized carbons (Fsp3) is 0.188. The van der Waals surface area contributed by atoms with E-state index in [2.05, 4.69) is 0 Å². The number of aliphatic carboxylic acids is 1. The lowest BCUT2D eigenvalue weighted by atomic mass is 9.96. The van der Waals surface area contributed by atoms with E-state index in [4.69, 9.17) is 9.84 Å². The summed E-state index contributed by atoms with van der Waals surface area (Å²) in [6.45, 7) is 1.59. The average molecular weight is 301 g/mol. The van der Waals surface area contributed by atoms with Crippen LogP contribution in [0.4, 0.5) is 5.69 Å². The Morgan fingerprint density at radius 3 is 2.59 bits per heavy atom. The summed E-state index contributed by atoms with van der Waals surface area (Å²) in [7, 11) is 1.48. The maximum atomic E-state index is 11.1. The lowest BCUT2D eigenvalue weighted by molar-refractivity contribution is -0.384. The molecule has 1 atom stereocenters. The van der Waals surface area contributed by atoms with Gasteiger partial charge in [0.1, 0.15) is 5.75 Å². The molecular weight excluding hydrogens is 286 g/mol. The Hall–Kier alpha value is -2.89. The number of ether oxygens (including phenoxy) is 1. The number of non-ortho nitro benzene ring substituents is 1. The summed E-state index contributed by atoms with van der Waals surface area (Å²) < 4.78 is 5.31. The van der Waals surface area contributed by atoms with E-state index in [0.717, 1.165) is 0 Å². The number of benzene rings is 2. The number of nitro benzene ring substituents is 1. The lowest BCUT2D eigenvalue weighted by Gasteiger charge is -2.13. The molecule has 2 aromatic carbocycles. The van der Waals surface area contributed by atoms with Crippen LogP contribution < -0.4 is 4.74 Å². The van der Waals surface area contributed by atoms with Crippen LogP contribution in [0, 0.1) is 10.1 Å². The van der Waals surface area contributed by atoms with Gasteiger partial charge in [-0.3, -0.25) is 14.9 Å².